The summed E-state index contributed by atoms with van der Waals surface area (Å²) in [5, 5.41) is 7.55. The molecular weight excluding hydrogens is 402 g/mol. The molecule has 7 nitrogen and oxygen atoms in total. The number of amides is 1. The molecule has 1 amide bonds. The van der Waals surface area contributed by atoms with E-state index in [4.69, 9.17) is 16.3 Å². The van der Waals surface area contributed by atoms with E-state index in [2.05, 4.69) is 40.4 Å². The predicted octanol–water partition coefficient (Wildman–Crippen LogP) is 1.86. The lowest BCUT2D eigenvalue weighted by atomic mass is 9.86. The van der Waals surface area contributed by atoms with E-state index in [1.165, 1.54) is 5.56 Å². The lowest BCUT2D eigenvalue weighted by molar-refractivity contribution is -0.127. The maximum absolute atomic E-state index is 12.0. The number of aliphatic imine (C=N–C) groups is 1. The Morgan fingerprint density at radius 1 is 1.27 bits per heavy atom. The number of rotatable bonds is 9. The van der Waals surface area contributed by atoms with E-state index in [-0.39, 0.29) is 17.9 Å². The van der Waals surface area contributed by atoms with E-state index in [9.17, 15) is 4.79 Å². The van der Waals surface area contributed by atoms with Crippen molar-refractivity contribution in [3.8, 4) is 0 Å². The SMILES string of the molecule is CN(C)C(=O)CN=C(NCCN1CCOCC1)NCC(C)(C)Cc1cccc(Cl)c1. The zero-order valence-electron chi connectivity index (χ0n) is 18.7. The zero-order valence-corrected chi connectivity index (χ0v) is 19.5. The minimum Gasteiger partial charge on any atom is -0.379 e. The van der Waals surface area contributed by atoms with Gasteiger partial charge in [0.1, 0.15) is 6.54 Å². The second kappa shape index (κ2) is 12.1. The van der Waals surface area contributed by atoms with Crippen LogP contribution in [0.5, 0.6) is 0 Å². The van der Waals surface area contributed by atoms with Crippen LogP contribution in [0.3, 0.4) is 0 Å². The van der Waals surface area contributed by atoms with Gasteiger partial charge in [-0.2, -0.15) is 0 Å². The first-order valence-corrected chi connectivity index (χ1v) is 10.9. The highest BCUT2D eigenvalue weighted by Crippen LogP contribution is 2.22. The second-order valence-electron chi connectivity index (χ2n) is 8.66. The molecule has 2 rings (SSSR count). The molecule has 0 atom stereocenters. The van der Waals surface area contributed by atoms with Crippen molar-refractivity contribution < 1.29 is 9.53 Å². The third-order valence-corrected chi connectivity index (χ3v) is 5.24. The molecule has 1 aliphatic heterocycles. The first-order chi connectivity index (χ1) is 14.2. The Bertz CT molecular complexity index is 703. The van der Waals surface area contributed by atoms with Crippen molar-refractivity contribution in [2.75, 3.05) is 66.6 Å². The summed E-state index contributed by atoms with van der Waals surface area (Å²) >= 11 is 6.13. The van der Waals surface area contributed by atoms with Crippen molar-refractivity contribution in [3.05, 3.63) is 34.9 Å². The summed E-state index contributed by atoms with van der Waals surface area (Å²) < 4.78 is 5.40. The predicted molar refractivity (Wildman–Crippen MR) is 123 cm³/mol. The van der Waals surface area contributed by atoms with Gasteiger partial charge in [0.15, 0.2) is 5.96 Å². The van der Waals surface area contributed by atoms with Crippen molar-refractivity contribution in [2.45, 2.75) is 20.3 Å². The van der Waals surface area contributed by atoms with E-state index >= 15 is 0 Å². The molecule has 0 aliphatic carbocycles. The minimum absolute atomic E-state index is 0.0110. The number of carbonyl (C=O) groups is 1. The molecule has 1 saturated heterocycles. The van der Waals surface area contributed by atoms with Gasteiger partial charge in [-0.05, 0) is 29.5 Å². The highest BCUT2D eigenvalue weighted by Gasteiger charge is 2.20. The third-order valence-electron chi connectivity index (χ3n) is 5.00. The highest BCUT2D eigenvalue weighted by molar-refractivity contribution is 6.30. The van der Waals surface area contributed by atoms with Crippen molar-refractivity contribution in [1.29, 1.82) is 0 Å². The summed E-state index contributed by atoms with van der Waals surface area (Å²) in [6.07, 6.45) is 0.887. The van der Waals surface area contributed by atoms with Gasteiger partial charge in [-0.3, -0.25) is 9.69 Å². The molecule has 168 valence electrons. The number of nitrogens with one attached hydrogen (secondary N) is 2. The van der Waals surface area contributed by atoms with Crippen molar-refractivity contribution in [2.24, 2.45) is 10.4 Å². The van der Waals surface area contributed by atoms with Crippen LogP contribution in [0.2, 0.25) is 5.02 Å². The summed E-state index contributed by atoms with van der Waals surface area (Å²) in [5.41, 5.74) is 1.19. The van der Waals surface area contributed by atoms with Crippen LogP contribution in [0.4, 0.5) is 0 Å². The van der Waals surface area contributed by atoms with Crippen LogP contribution in [0.15, 0.2) is 29.3 Å². The minimum atomic E-state index is -0.0255. The van der Waals surface area contributed by atoms with Gasteiger partial charge in [0.2, 0.25) is 5.91 Å². The largest absolute Gasteiger partial charge is 0.379 e. The fourth-order valence-corrected chi connectivity index (χ4v) is 3.42. The molecule has 0 spiro atoms. The number of nitrogens with zero attached hydrogens (tertiary/aromatic N) is 3. The standard InChI is InChI=1S/C22H36ClN5O2/c1-22(2,15-18-6-5-7-19(23)14-18)17-26-21(25-16-20(29)27(3)4)24-8-9-28-10-12-30-13-11-28/h5-7,14H,8-13,15-17H2,1-4H3,(H2,24,25,26). The quantitative estimate of drug-likeness (QED) is 0.456. The van der Waals surface area contributed by atoms with Gasteiger partial charge < -0.3 is 20.3 Å². The van der Waals surface area contributed by atoms with Gasteiger partial charge in [0.05, 0.1) is 13.2 Å². The number of carbonyl (C=O) groups excluding carboxylic acids is 1. The van der Waals surface area contributed by atoms with Gasteiger partial charge in [0, 0.05) is 51.8 Å². The lowest BCUT2D eigenvalue weighted by Gasteiger charge is -2.28. The van der Waals surface area contributed by atoms with Gasteiger partial charge in [-0.1, -0.05) is 37.6 Å². The number of guanidine groups is 1. The molecule has 1 heterocycles. The molecule has 0 unspecified atom stereocenters. The average Bonchev–Trinajstić information content (AvgIpc) is 2.69. The summed E-state index contributed by atoms with van der Waals surface area (Å²) in [6, 6.07) is 7.98. The monoisotopic (exact) mass is 437 g/mol. The van der Waals surface area contributed by atoms with Crippen LogP contribution >= 0.6 is 11.6 Å². The molecule has 2 N–H and O–H groups in total. The van der Waals surface area contributed by atoms with E-state index in [1.807, 2.05) is 18.2 Å². The van der Waals surface area contributed by atoms with Crippen LogP contribution in [-0.2, 0) is 16.0 Å². The Balaban J connectivity index is 1.91. The van der Waals surface area contributed by atoms with Crippen LogP contribution in [0, 0.1) is 5.41 Å². The number of morpholine rings is 1. The van der Waals surface area contributed by atoms with Gasteiger partial charge in [0.25, 0.3) is 0 Å². The fraction of sp³-hybridized carbons (Fsp3) is 0.636. The number of benzene rings is 1. The van der Waals surface area contributed by atoms with Crippen LogP contribution in [0.25, 0.3) is 0 Å². The third kappa shape index (κ3) is 9.32. The molecule has 0 saturated carbocycles. The smallest absolute Gasteiger partial charge is 0.243 e. The Labute approximate surface area is 185 Å². The molecule has 0 aromatic heterocycles. The molecule has 0 radical (unpaired) electrons. The summed E-state index contributed by atoms with van der Waals surface area (Å²) in [4.78, 5) is 20.4. The average molecular weight is 438 g/mol. The second-order valence-corrected chi connectivity index (χ2v) is 9.09. The van der Waals surface area contributed by atoms with Crippen molar-refractivity contribution >= 4 is 23.5 Å². The molecule has 1 aliphatic rings. The summed E-state index contributed by atoms with van der Waals surface area (Å²) in [5.74, 6) is 0.639. The topological polar surface area (TPSA) is 69.2 Å². The normalized spacial score (nSPS) is 15.7. The lowest BCUT2D eigenvalue weighted by Crippen LogP contribution is -2.47. The summed E-state index contributed by atoms with van der Waals surface area (Å²) in [6.45, 7) is 10.4. The van der Waals surface area contributed by atoms with Gasteiger partial charge in [-0.25, -0.2) is 4.99 Å². The summed E-state index contributed by atoms with van der Waals surface area (Å²) in [7, 11) is 3.48. The molecule has 30 heavy (non-hydrogen) atoms. The van der Waals surface area contributed by atoms with Crippen LogP contribution in [-0.4, -0.2) is 88.2 Å². The highest BCUT2D eigenvalue weighted by atomic mass is 35.5. The number of hydrogen-bond acceptors (Lipinski definition) is 4. The van der Waals surface area contributed by atoms with Crippen LogP contribution < -0.4 is 10.6 Å². The zero-order chi connectivity index (χ0) is 22.0. The number of likely N-dealkylation sites (N-methyl/N-ethyl adjacent to an activating group) is 1. The van der Waals surface area contributed by atoms with E-state index < -0.39 is 0 Å². The Hall–Kier alpha value is -1.83. The van der Waals surface area contributed by atoms with Gasteiger partial charge in [-0.15, -0.1) is 0 Å². The van der Waals surface area contributed by atoms with Gasteiger partial charge >= 0.3 is 0 Å². The molecule has 8 heteroatoms. The van der Waals surface area contributed by atoms with Crippen LogP contribution in [0.1, 0.15) is 19.4 Å². The Kier molecular flexibility index (Phi) is 9.88. The number of hydrogen-bond donors (Lipinski definition) is 2. The van der Waals surface area contributed by atoms with E-state index in [1.54, 1.807) is 19.0 Å². The maximum Gasteiger partial charge on any atom is 0.243 e. The fourth-order valence-electron chi connectivity index (χ4n) is 3.20. The van der Waals surface area contributed by atoms with E-state index in [0.29, 0.717) is 5.96 Å². The first kappa shape index (κ1) is 24.4. The maximum atomic E-state index is 12.0. The Morgan fingerprint density at radius 2 is 2.00 bits per heavy atom. The van der Waals surface area contributed by atoms with Crippen molar-refractivity contribution in [3.63, 3.8) is 0 Å². The molecule has 1 fully saturated rings. The number of ether oxygens (including phenoxy) is 1. The first-order valence-electron chi connectivity index (χ1n) is 10.5. The van der Waals surface area contributed by atoms with Crippen molar-refractivity contribution in [1.82, 2.24) is 20.4 Å². The molecular formula is C22H36ClN5O2. The number of halogens is 1. The molecule has 0 bridgehead atoms. The van der Waals surface area contributed by atoms with E-state index in [0.717, 1.165) is 57.4 Å². The Morgan fingerprint density at radius 3 is 2.67 bits per heavy atom. The molecule has 1 aromatic carbocycles. The molecule has 1 aromatic rings.